The molecule has 7 nitrogen and oxygen atoms in total. The van der Waals surface area contributed by atoms with Gasteiger partial charge < -0.3 is 10.0 Å². The predicted octanol–water partition coefficient (Wildman–Crippen LogP) is 1.79. The molecule has 17 heavy (non-hydrogen) atoms. The molecule has 96 valence electrons. The first kappa shape index (κ1) is 15.2. The van der Waals surface area contributed by atoms with Gasteiger partial charge in [0, 0.05) is 24.9 Å². The molecule has 0 aromatic rings. The first-order chi connectivity index (χ1) is 8.00. The minimum absolute atomic E-state index is 0.177. The third kappa shape index (κ3) is 6.42. The largest absolute Gasteiger partial charge is 0.480 e. The fourth-order valence-corrected chi connectivity index (χ4v) is 1.24. The van der Waals surface area contributed by atoms with Crippen LogP contribution < -0.4 is 0 Å². The number of unbranched alkanes of at least 4 members (excludes halogenated alkanes) is 2. The highest BCUT2D eigenvalue weighted by Crippen LogP contribution is 2.05. The molecule has 0 aromatic heterocycles. The monoisotopic (exact) mass is 242 g/mol. The molecule has 0 unspecified atom stereocenters. The first-order valence-electron chi connectivity index (χ1n) is 5.50. The zero-order chi connectivity index (χ0) is 13.3. The van der Waals surface area contributed by atoms with Crippen molar-refractivity contribution in [3.8, 4) is 0 Å². The number of carboxylic acid groups (broad SMARTS) is 1. The van der Waals surface area contributed by atoms with Crippen LogP contribution in [0.1, 0.15) is 32.6 Å². The summed E-state index contributed by atoms with van der Waals surface area (Å²) in [6, 6.07) is -0.800. The molecule has 1 atom stereocenters. The van der Waals surface area contributed by atoms with Crippen molar-refractivity contribution in [2.75, 3.05) is 13.6 Å². The molecule has 0 bridgehead atoms. The lowest BCUT2D eigenvalue weighted by Crippen LogP contribution is -2.40. The zero-order valence-corrected chi connectivity index (χ0v) is 10.2. The van der Waals surface area contributed by atoms with Crippen molar-refractivity contribution in [2.24, 2.45) is 5.11 Å². The van der Waals surface area contributed by atoms with Gasteiger partial charge in [-0.25, -0.2) is 4.79 Å². The van der Waals surface area contributed by atoms with Gasteiger partial charge >= 0.3 is 5.97 Å². The molecule has 0 aliphatic carbocycles. The van der Waals surface area contributed by atoms with Crippen LogP contribution in [0.2, 0.25) is 0 Å². The number of hydrogen-bond acceptors (Lipinski definition) is 3. The van der Waals surface area contributed by atoms with E-state index in [1.807, 2.05) is 0 Å². The molecule has 0 heterocycles. The molecule has 0 aliphatic heterocycles. The maximum Gasteiger partial charge on any atom is 0.326 e. The molecule has 7 heteroatoms. The number of carbonyl (C=O) groups excluding carboxylic acids is 1. The van der Waals surface area contributed by atoms with Gasteiger partial charge in [-0.05, 0) is 25.3 Å². The number of likely N-dealkylation sites (N-methyl/N-ethyl adjacent to an activating group) is 1. The second-order valence-corrected chi connectivity index (χ2v) is 3.78. The van der Waals surface area contributed by atoms with Crippen molar-refractivity contribution in [2.45, 2.75) is 38.6 Å². The maximum atomic E-state index is 11.6. The number of rotatable bonds is 8. The summed E-state index contributed by atoms with van der Waals surface area (Å²) in [6.45, 7) is 1.91. The molecule has 0 saturated carbocycles. The van der Waals surface area contributed by atoms with Crippen molar-refractivity contribution in [1.29, 1.82) is 0 Å². The molecule has 0 fully saturated rings. The number of azide groups is 1. The number of amides is 1. The van der Waals surface area contributed by atoms with E-state index in [1.165, 1.54) is 18.9 Å². The quantitative estimate of drug-likeness (QED) is 0.303. The average Bonchev–Trinajstić information content (AvgIpc) is 2.31. The van der Waals surface area contributed by atoms with Gasteiger partial charge in [-0.3, -0.25) is 4.79 Å². The van der Waals surface area contributed by atoms with E-state index in [0.717, 1.165) is 12.8 Å². The van der Waals surface area contributed by atoms with Crippen molar-refractivity contribution >= 4 is 11.9 Å². The standard InChI is InChI=1S/C10H18N4O3/c1-8(10(16)17)14(2)9(15)6-4-3-5-7-12-13-11/h8H,3-7H2,1-2H3,(H,16,17)/t8-/m0/s1. The summed E-state index contributed by atoms with van der Waals surface area (Å²) >= 11 is 0. The van der Waals surface area contributed by atoms with E-state index >= 15 is 0 Å². The van der Waals surface area contributed by atoms with Crippen LogP contribution in [-0.4, -0.2) is 41.5 Å². The van der Waals surface area contributed by atoms with Crippen LogP contribution in [0, 0.1) is 0 Å². The lowest BCUT2D eigenvalue weighted by molar-refractivity contribution is -0.148. The molecule has 0 saturated heterocycles. The minimum atomic E-state index is -1.01. The lowest BCUT2D eigenvalue weighted by Gasteiger charge is -2.21. The van der Waals surface area contributed by atoms with Gasteiger partial charge in [-0.2, -0.15) is 0 Å². The molecule has 0 aliphatic rings. The van der Waals surface area contributed by atoms with Gasteiger partial charge in [-0.1, -0.05) is 11.5 Å². The van der Waals surface area contributed by atoms with E-state index in [4.69, 9.17) is 10.6 Å². The average molecular weight is 242 g/mol. The van der Waals surface area contributed by atoms with Crippen LogP contribution in [0.4, 0.5) is 0 Å². The van der Waals surface area contributed by atoms with E-state index in [9.17, 15) is 9.59 Å². The molecule has 0 spiro atoms. The maximum absolute atomic E-state index is 11.6. The van der Waals surface area contributed by atoms with E-state index in [1.54, 1.807) is 0 Å². The summed E-state index contributed by atoms with van der Waals surface area (Å²) in [5.74, 6) is -1.19. The summed E-state index contributed by atoms with van der Waals surface area (Å²) < 4.78 is 0. The minimum Gasteiger partial charge on any atom is -0.480 e. The Balaban J connectivity index is 3.78. The smallest absolute Gasteiger partial charge is 0.326 e. The number of nitrogens with zero attached hydrogens (tertiary/aromatic N) is 4. The van der Waals surface area contributed by atoms with Gasteiger partial charge in [0.15, 0.2) is 0 Å². The summed E-state index contributed by atoms with van der Waals surface area (Å²) in [7, 11) is 1.49. The van der Waals surface area contributed by atoms with E-state index < -0.39 is 12.0 Å². The predicted molar refractivity (Wildman–Crippen MR) is 62.3 cm³/mol. The number of aliphatic carboxylic acids is 1. The third-order valence-electron chi connectivity index (χ3n) is 2.54. The highest BCUT2D eigenvalue weighted by Gasteiger charge is 2.20. The fourth-order valence-electron chi connectivity index (χ4n) is 1.24. The first-order valence-corrected chi connectivity index (χ1v) is 5.50. The molecular weight excluding hydrogens is 224 g/mol. The molecular formula is C10H18N4O3. The fraction of sp³-hybridized carbons (Fsp3) is 0.800. The van der Waals surface area contributed by atoms with Crippen molar-refractivity contribution < 1.29 is 14.7 Å². The summed E-state index contributed by atoms with van der Waals surface area (Å²) in [6.07, 6.45) is 2.54. The van der Waals surface area contributed by atoms with Gasteiger partial charge in [0.05, 0.1) is 0 Å². The zero-order valence-electron chi connectivity index (χ0n) is 10.2. The Kier molecular flexibility index (Phi) is 7.54. The second-order valence-electron chi connectivity index (χ2n) is 3.78. The Hall–Kier alpha value is -1.75. The topological polar surface area (TPSA) is 106 Å². The molecule has 0 rings (SSSR count). The van der Waals surface area contributed by atoms with Crippen LogP contribution >= 0.6 is 0 Å². The lowest BCUT2D eigenvalue weighted by atomic mass is 10.1. The number of carbonyl (C=O) groups is 2. The van der Waals surface area contributed by atoms with Crippen molar-refractivity contribution in [3.63, 3.8) is 0 Å². The van der Waals surface area contributed by atoms with Crippen LogP contribution in [0.15, 0.2) is 5.11 Å². The van der Waals surface area contributed by atoms with Crippen molar-refractivity contribution in [1.82, 2.24) is 4.90 Å². The van der Waals surface area contributed by atoms with Crippen LogP contribution in [0.25, 0.3) is 10.4 Å². The molecule has 1 N–H and O–H groups in total. The normalized spacial score (nSPS) is 11.4. The van der Waals surface area contributed by atoms with E-state index in [2.05, 4.69) is 10.0 Å². The molecule has 0 radical (unpaired) electrons. The van der Waals surface area contributed by atoms with Gasteiger partial charge in [0.2, 0.25) is 5.91 Å². The highest BCUT2D eigenvalue weighted by atomic mass is 16.4. The second kappa shape index (κ2) is 8.41. The van der Waals surface area contributed by atoms with Crippen LogP contribution in [-0.2, 0) is 9.59 Å². The third-order valence-corrected chi connectivity index (χ3v) is 2.54. The number of hydrogen-bond donors (Lipinski definition) is 1. The molecule has 1 amide bonds. The Morgan fingerprint density at radius 2 is 2.06 bits per heavy atom. The highest BCUT2D eigenvalue weighted by molar-refractivity contribution is 5.83. The van der Waals surface area contributed by atoms with Crippen LogP contribution in [0.3, 0.4) is 0 Å². The van der Waals surface area contributed by atoms with E-state index in [-0.39, 0.29) is 5.91 Å². The summed E-state index contributed by atoms with van der Waals surface area (Å²) in [5, 5.41) is 12.1. The number of carboxylic acids is 1. The summed E-state index contributed by atoms with van der Waals surface area (Å²) in [4.78, 5) is 26.1. The van der Waals surface area contributed by atoms with Gasteiger partial charge in [-0.15, -0.1) is 0 Å². The Morgan fingerprint density at radius 3 is 2.59 bits per heavy atom. The van der Waals surface area contributed by atoms with Gasteiger partial charge in [0.25, 0.3) is 0 Å². The molecule has 0 aromatic carbocycles. The van der Waals surface area contributed by atoms with Crippen molar-refractivity contribution in [3.05, 3.63) is 10.4 Å². The van der Waals surface area contributed by atoms with E-state index in [0.29, 0.717) is 19.4 Å². The Morgan fingerprint density at radius 1 is 1.41 bits per heavy atom. The summed E-state index contributed by atoms with van der Waals surface area (Å²) in [5.41, 5.74) is 8.04. The Bertz CT molecular complexity index is 313. The SMILES string of the molecule is C[C@@H](C(=O)O)N(C)C(=O)CCCCCN=[N+]=[N-]. The Labute approximate surface area is 100 Å². The van der Waals surface area contributed by atoms with Crippen LogP contribution in [0.5, 0.6) is 0 Å². The van der Waals surface area contributed by atoms with Gasteiger partial charge in [0.1, 0.15) is 6.04 Å².